The lowest BCUT2D eigenvalue weighted by Crippen LogP contribution is -2.11. The van der Waals surface area contributed by atoms with Crippen molar-refractivity contribution in [1.82, 2.24) is 0 Å². The summed E-state index contributed by atoms with van der Waals surface area (Å²) in [6.07, 6.45) is 0. The van der Waals surface area contributed by atoms with E-state index in [9.17, 15) is 33.4 Å². The molecule has 1 aromatic carbocycles. The summed E-state index contributed by atoms with van der Waals surface area (Å²) in [5.74, 6) is -1.67. The lowest BCUT2D eigenvalue weighted by atomic mass is 10.3. The molecule has 1 aromatic rings. The second kappa shape index (κ2) is 5.94. The Morgan fingerprint density at radius 3 is 2.00 bits per heavy atom. The maximum atomic E-state index is 11.0. The van der Waals surface area contributed by atoms with Gasteiger partial charge in [-0.2, -0.15) is 0 Å². The van der Waals surface area contributed by atoms with Crippen LogP contribution in [-0.2, 0) is 3.07 Å². The SMILES string of the molecule is O=Ic1c([N+](=O)[O-])ccc(O[N+](=O)[O-])c1O[N+](=O)[O-]. The van der Waals surface area contributed by atoms with Crippen LogP contribution in [0.1, 0.15) is 0 Å². The highest BCUT2D eigenvalue weighted by Crippen LogP contribution is 2.40. The number of hydrogen-bond acceptors (Lipinski definition) is 9. The van der Waals surface area contributed by atoms with Gasteiger partial charge < -0.3 is 0 Å². The maximum absolute atomic E-state index is 11.0. The van der Waals surface area contributed by atoms with Crippen LogP contribution in [0.2, 0.25) is 0 Å². The van der Waals surface area contributed by atoms with Crippen molar-refractivity contribution < 1.29 is 27.8 Å². The number of rotatable bonds is 6. The van der Waals surface area contributed by atoms with Crippen LogP contribution in [0.15, 0.2) is 12.1 Å². The lowest BCUT2D eigenvalue weighted by Gasteiger charge is -2.07. The van der Waals surface area contributed by atoms with Crippen molar-refractivity contribution in [1.29, 1.82) is 0 Å². The number of halogens is 1. The highest BCUT2D eigenvalue weighted by molar-refractivity contribution is 14.1. The predicted octanol–water partition coefficient (Wildman–Crippen LogP) is 1.22. The van der Waals surface area contributed by atoms with Crippen LogP contribution in [0.4, 0.5) is 5.69 Å². The Morgan fingerprint density at radius 2 is 1.58 bits per heavy atom. The van der Waals surface area contributed by atoms with Gasteiger partial charge in [-0.3, -0.25) is 22.9 Å². The molecule has 0 aliphatic rings. The summed E-state index contributed by atoms with van der Waals surface area (Å²) < 4.78 is 10.4. The van der Waals surface area contributed by atoms with Crippen LogP contribution in [0.25, 0.3) is 0 Å². The van der Waals surface area contributed by atoms with E-state index in [4.69, 9.17) is 0 Å². The monoisotopic (exact) mass is 387 g/mol. The minimum Gasteiger partial charge on any atom is -0.274 e. The zero-order chi connectivity index (χ0) is 14.6. The van der Waals surface area contributed by atoms with Gasteiger partial charge >= 0.3 is 0 Å². The van der Waals surface area contributed by atoms with E-state index in [1.807, 2.05) is 0 Å². The number of nitro benzene ring substituents is 1. The number of benzene rings is 1. The second-order valence-corrected chi connectivity index (χ2v) is 4.21. The van der Waals surface area contributed by atoms with Gasteiger partial charge in [-0.15, -0.1) is 20.2 Å². The average Bonchev–Trinajstić information content (AvgIpc) is 2.29. The van der Waals surface area contributed by atoms with E-state index < -0.39 is 57.0 Å². The Bertz CT molecular complexity index is 573. The molecule has 0 radical (unpaired) electrons. The summed E-state index contributed by atoms with van der Waals surface area (Å²) in [5.41, 5.74) is -0.713. The smallest absolute Gasteiger partial charge is 0.274 e. The van der Waals surface area contributed by atoms with Crippen LogP contribution in [0, 0.1) is 33.9 Å². The van der Waals surface area contributed by atoms with E-state index in [1.54, 1.807) is 0 Å². The minimum absolute atomic E-state index is 0.611. The van der Waals surface area contributed by atoms with Crippen LogP contribution < -0.4 is 9.68 Å². The zero-order valence-electron chi connectivity index (χ0n) is 8.55. The molecule has 0 aromatic heterocycles. The summed E-state index contributed by atoms with van der Waals surface area (Å²) in [4.78, 5) is 38.1. The number of hydrogen-bond donors (Lipinski definition) is 0. The third-order valence-corrected chi connectivity index (χ3v) is 3.14. The van der Waals surface area contributed by atoms with Crippen LogP contribution in [0.3, 0.4) is 0 Å². The molecule has 0 N–H and O–H groups in total. The molecule has 0 spiro atoms. The van der Waals surface area contributed by atoms with E-state index in [-0.39, 0.29) is 0 Å². The molecule has 12 nitrogen and oxygen atoms in total. The van der Waals surface area contributed by atoms with Crippen molar-refractivity contribution in [3.63, 3.8) is 0 Å². The molecule has 0 bridgehead atoms. The van der Waals surface area contributed by atoms with Crippen molar-refractivity contribution in [3.05, 3.63) is 46.0 Å². The molecule has 0 fully saturated rings. The molecule has 19 heavy (non-hydrogen) atoms. The van der Waals surface area contributed by atoms with E-state index in [0.29, 0.717) is 0 Å². The van der Waals surface area contributed by atoms with Crippen molar-refractivity contribution in [3.8, 4) is 11.5 Å². The molecule has 0 saturated heterocycles. The topological polar surface area (TPSA) is 165 Å². The largest absolute Gasteiger partial charge is 0.299 e. The van der Waals surface area contributed by atoms with Gasteiger partial charge in [-0.25, -0.2) is 0 Å². The summed E-state index contributed by atoms with van der Waals surface area (Å²) in [6, 6.07) is 1.52. The highest BCUT2D eigenvalue weighted by atomic mass is 127. The molecular weight excluding hydrogens is 385 g/mol. The van der Waals surface area contributed by atoms with Gasteiger partial charge in [-0.05, 0) is 6.07 Å². The van der Waals surface area contributed by atoms with Gasteiger partial charge in [0, 0.05) is 6.07 Å². The molecule has 0 unspecified atom stereocenters. The third kappa shape index (κ3) is 3.50. The standard InChI is InChI=1S/C6H2IN3O9/c11-7-5-3(8(12)13)1-2-4(18-9(14)15)6(5)19-10(16)17/h1-2H. The predicted molar refractivity (Wildman–Crippen MR) is 61.7 cm³/mol. The molecule has 0 heterocycles. The first kappa shape index (κ1) is 14.6. The Labute approximate surface area is 112 Å². The van der Waals surface area contributed by atoms with Gasteiger partial charge in [-0.1, -0.05) is 0 Å². The van der Waals surface area contributed by atoms with Gasteiger partial charge in [0.15, 0.2) is 36.3 Å². The molecular formula is C6H2IN3O9. The van der Waals surface area contributed by atoms with Crippen molar-refractivity contribution >= 4 is 26.9 Å². The zero-order valence-corrected chi connectivity index (χ0v) is 10.7. The first-order valence-electron chi connectivity index (χ1n) is 4.10. The highest BCUT2D eigenvalue weighted by Gasteiger charge is 2.25. The first-order valence-corrected chi connectivity index (χ1v) is 6.06. The van der Waals surface area contributed by atoms with E-state index in [0.717, 1.165) is 12.1 Å². The molecule has 0 atom stereocenters. The third-order valence-electron chi connectivity index (χ3n) is 1.65. The number of nitrogens with zero attached hydrogens (tertiary/aromatic N) is 3. The Morgan fingerprint density at radius 1 is 1.00 bits per heavy atom. The maximum Gasteiger partial charge on any atom is 0.299 e. The Balaban J connectivity index is 3.49. The Hall–Kier alpha value is -2.45. The van der Waals surface area contributed by atoms with E-state index >= 15 is 0 Å². The van der Waals surface area contributed by atoms with Crippen molar-refractivity contribution in [2.24, 2.45) is 0 Å². The molecule has 102 valence electrons. The van der Waals surface area contributed by atoms with Crippen molar-refractivity contribution in [2.45, 2.75) is 0 Å². The van der Waals surface area contributed by atoms with Gasteiger partial charge in [0.2, 0.25) is 0 Å². The molecule has 1 rings (SSSR count). The molecule has 0 aliphatic heterocycles. The quantitative estimate of drug-likeness (QED) is 0.396. The van der Waals surface area contributed by atoms with Gasteiger partial charge in [0.25, 0.3) is 15.9 Å². The molecule has 0 aliphatic carbocycles. The van der Waals surface area contributed by atoms with Crippen LogP contribution in [0.5, 0.6) is 11.5 Å². The fourth-order valence-electron chi connectivity index (χ4n) is 1.06. The van der Waals surface area contributed by atoms with Gasteiger partial charge in [0.05, 0.1) is 4.92 Å². The fraction of sp³-hybridized carbons (Fsp3) is 0. The lowest BCUT2D eigenvalue weighted by molar-refractivity contribution is -0.721. The molecule has 13 heteroatoms. The number of nitro groups is 1. The summed E-state index contributed by atoms with van der Waals surface area (Å²) in [5, 5.41) is 28.4. The summed E-state index contributed by atoms with van der Waals surface area (Å²) in [6.45, 7) is 0. The second-order valence-electron chi connectivity index (χ2n) is 2.69. The minimum atomic E-state index is -2.27. The van der Waals surface area contributed by atoms with Crippen LogP contribution in [-0.4, -0.2) is 15.1 Å². The van der Waals surface area contributed by atoms with E-state index in [2.05, 4.69) is 9.68 Å². The summed E-state index contributed by atoms with van der Waals surface area (Å²) in [7, 11) is 0. The van der Waals surface area contributed by atoms with E-state index in [1.165, 1.54) is 0 Å². The molecule has 0 saturated carbocycles. The van der Waals surface area contributed by atoms with Crippen molar-refractivity contribution in [2.75, 3.05) is 0 Å². The van der Waals surface area contributed by atoms with Gasteiger partial charge in [0.1, 0.15) is 0 Å². The normalized spacial score (nSPS) is 9.68. The average molecular weight is 387 g/mol. The summed E-state index contributed by atoms with van der Waals surface area (Å²) >= 11 is -2.27. The first-order chi connectivity index (χ1) is 8.86. The van der Waals surface area contributed by atoms with Crippen LogP contribution >= 0.6 is 21.2 Å². The Kier molecular flexibility index (Phi) is 4.56. The molecule has 0 amide bonds. The fourth-order valence-corrected chi connectivity index (χ4v) is 2.22.